The lowest BCUT2D eigenvalue weighted by Crippen LogP contribution is -2.40. The molecule has 0 bridgehead atoms. The van der Waals surface area contributed by atoms with Gasteiger partial charge in [-0.1, -0.05) is 30.3 Å². The zero-order valence-electron chi connectivity index (χ0n) is 17.4. The van der Waals surface area contributed by atoms with Gasteiger partial charge in [0.25, 0.3) is 5.91 Å². The molecule has 5 nitrogen and oxygen atoms in total. The highest BCUT2D eigenvalue weighted by atomic mass is 16.5. The van der Waals surface area contributed by atoms with E-state index in [1.165, 1.54) is 31.2 Å². The Balaban J connectivity index is 1.32. The highest BCUT2D eigenvalue weighted by molar-refractivity contribution is 6.05. The summed E-state index contributed by atoms with van der Waals surface area (Å²) in [6, 6.07) is 15.0. The first-order valence-electron chi connectivity index (χ1n) is 11.2. The van der Waals surface area contributed by atoms with E-state index in [1.807, 2.05) is 17.2 Å². The molecule has 30 heavy (non-hydrogen) atoms. The summed E-state index contributed by atoms with van der Waals surface area (Å²) in [5.41, 5.74) is 4.10. The number of rotatable bonds is 4. The largest absolute Gasteiger partial charge is 0.378 e. The van der Waals surface area contributed by atoms with Gasteiger partial charge in [0.15, 0.2) is 0 Å². The van der Waals surface area contributed by atoms with E-state index in [4.69, 9.17) is 4.74 Å². The van der Waals surface area contributed by atoms with E-state index in [0.717, 1.165) is 23.1 Å². The van der Waals surface area contributed by atoms with Crippen LogP contribution in [0.2, 0.25) is 0 Å². The molecule has 5 rings (SSSR count). The van der Waals surface area contributed by atoms with E-state index >= 15 is 0 Å². The number of hydrogen-bond donors (Lipinski definition) is 0. The third kappa shape index (κ3) is 3.86. The standard InChI is InChI=1S/C25H29N3O2/c29-25(27-13-15-30-16-14-27)22-18-28(23-7-4-12-26-24(22)23)17-19-8-10-21(11-9-19)20-5-2-1-3-6-20/h1-7,12,18-19,21H,8-11,13-17H2. The maximum Gasteiger partial charge on any atom is 0.257 e. The second kappa shape index (κ2) is 8.60. The molecule has 2 aromatic heterocycles. The Morgan fingerprint density at radius 3 is 2.53 bits per heavy atom. The van der Waals surface area contributed by atoms with Gasteiger partial charge < -0.3 is 14.2 Å². The zero-order valence-corrected chi connectivity index (χ0v) is 17.4. The van der Waals surface area contributed by atoms with Crippen molar-refractivity contribution in [1.82, 2.24) is 14.5 Å². The summed E-state index contributed by atoms with van der Waals surface area (Å²) >= 11 is 0. The molecule has 2 aliphatic rings. The lowest BCUT2D eigenvalue weighted by Gasteiger charge is -2.29. The van der Waals surface area contributed by atoms with Crippen molar-refractivity contribution in [1.29, 1.82) is 0 Å². The monoisotopic (exact) mass is 403 g/mol. The Morgan fingerprint density at radius 2 is 1.77 bits per heavy atom. The van der Waals surface area contributed by atoms with Crippen LogP contribution in [0.4, 0.5) is 0 Å². The maximum atomic E-state index is 13.1. The van der Waals surface area contributed by atoms with E-state index in [-0.39, 0.29) is 5.91 Å². The minimum absolute atomic E-state index is 0.0773. The van der Waals surface area contributed by atoms with Gasteiger partial charge in [-0.3, -0.25) is 9.78 Å². The molecule has 1 aliphatic carbocycles. The zero-order chi connectivity index (χ0) is 20.3. The van der Waals surface area contributed by atoms with Crippen molar-refractivity contribution in [2.45, 2.75) is 38.1 Å². The van der Waals surface area contributed by atoms with Crippen LogP contribution >= 0.6 is 0 Å². The molecule has 1 aromatic carbocycles. The van der Waals surface area contributed by atoms with Crippen LogP contribution in [0.15, 0.2) is 54.9 Å². The highest BCUT2D eigenvalue weighted by Gasteiger charge is 2.26. The van der Waals surface area contributed by atoms with E-state index in [2.05, 4.69) is 45.9 Å². The smallest absolute Gasteiger partial charge is 0.257 e. The van der Waals surface area contributed by atoms with Crippen molar-refractivity contribution >= 4 is 16.9 Å². The Kier molecular flexibility index (Phi) is 5.54. The molecule has 1 saturated carbocycles. The lowest BCUT2D eigenvalue weighted by molar-refractivity contribution is 0.0304. The van der Waals surface area contributed by atoms with Gasteiger partial charge in [0.05, 0.1) is 24.3 Å². The molecule has 0 atom stereocenters. The topological polar surface area (TPSA) is 47.4 Å². The van der Waals surface area contributed by atoms with Crippen LogP contribution in [0.25, 0.3) is 11.0 Å². The summed E-state index contributed by atoms with van der Waals surface area (Å²) in [6.45, 7) is 3.49. The third-order valence-electron chi connectivity index (χ3n) is 6.74. The van der Waals surface area contributed by atoms with Crippen molar-refractivity contribution in [2.24, 2.45) is 5.92 Å². The normalized spacial score (nSPS) is 22.3. The van der Waals surface area contributed by atoms with Crippen LogP contribution in [0.3, 0.4) is 0 Å². The summed E-state index contributed by atoms with van der Waals surface area (Å²) in [6.07, 6.45) is 8.77. The van der Waals surface area contributed by atoms with E-state index in [9.17, 15) is 4.79 Å². The molecule has 5 heteroatoms. The second-order valence-corrected chi connectivity index (χ2v) is 8.60. The van der Waals surface area contributed by atoms with Crippen LogP contribution in [-0.2, 0) is 11.3 Å². The average molecular weight is 404 g/mol. The number of carbonyl (C=O) groups is 1. The lowest BCUT2D eigenvalue weighted by atomic mass is 9.78. The average Bonchev–Trinajstić information content (AvgIpc) is 3.19. The fourth-order valence-corrected chi connectivity index (χ4v) is 5.05. The Morgan fingerprint density at radius 1 is 1.00 bits per heavy atom. The molecule has 1 saturated heterocycles. The fraction of sp³-hybridized carbons (Fsp3) is 0.440. The number of benzene rings is 1. The maximum absolute atomic E-state index is 13.1. The number of carbonyl (C=O) groups excluding carboxylic acids is 1. The number of pyridine rings is 1. The highest BCUT2D eigenvalue weighted by Crippen LogP contribution is 2.37. The molecule has 1 aliphatic heterocycles. The van der Waals surface area contributed by atoms with Gasteiger partial charge in [-0.25, -0.2) is 0 Å². The molecule has 0 radical (unpaired) electrons. The van der Waals surface area contributed by atoms with Crippen LogP contribution in [0.1, 0.15) is 47.5 Å². The number of nitrogens with zero attached hydrogens (tertiary/aromatic N) is 3. The molecule has 1 amide bonds. The first kappa shape index (κ1) is 19.3. The van der Waals surface area contributed by atoms with E-state index < -0.39 is 0 Å². The van der Waals surface area contributed by atoms with Crippen molar-refractivity contribution < 1.29 is 9.53 Å². The predicted molar refractivity (Wildman–Crippen MR) is 118 cm³/mol. The Hall–Kier alpha value is -2.66. The third-order valence-corrected chi connectivity index (χ3v) is 6.74. The minimum atomic E-state index is 0.0773. The SMILES string of the molecule is O=C(c1cn(CC2CCC(c3ccccc3)CC2)c2cccnc12)N1CCOCC1. The molecular formula is C25H29N3O2. The van der Waals surface area contributed by atoms with Gasteiger partial charge in [-0.05, 0) is 55.2 Å². The molecule has 0 N–H and O–H groups in total. The number of morpholine rings is 1. The quantitative estimate of drug-likeness (QED) is 0.645. The van der Waals surface area contributed by atoms with Crippen LogP contribution in [0, 0.1) is 5.92 Å². The molecule has 3 aromatic rings. The second-order valence-electron chi connectivity index (χ2n) is 8.60. The van der Waals surface area contributed by atoms with Crippen LogP contribution in [-0.4, -0.2) is 46.7 Å². The number of fused-ring (bicyclic) bond motifs is 1. The van der Waals surface area contributed by atoms with Crippen molar-refractivity contribution in [3.8, 4) is 0 Å². The van der Waals surface area contributed by atoms with Gasteiger partial charge in [-0.15, -0.1) is 0 Å². The summed E-state index contributed by atoms with van der Waals surface area (Å²) < 4.78 is 7.67. The first-order valence-corrected chi connectivity index (χ1v) is 11.2. The fourth-order valence-electron chi connectivity index (χ4n) is 5.05. The molecular weight excluding hydrogens is 374 g/mol. The molecule has 3 heterocycles. The minimum Gasteiger partial charge on any atom is -0.378 e. The van der Waals surface area contributed by atoms with Gasteiger partial charge in [-0.2, -0.15) is 0 Å². The van der Waals surface area contributed by atoms with E-state index in [1.54, 1.807) is 6.20 Å². The number of aromatic nitrogens is 2. The molecule has 156 valence electrons. The van der Waals surface area contributed by atoms with Gasteiger partial charge in [0.1, 0.15) is 5.52 Å². The molecule has 2 fully saturated rings. The Labute approximate surface area is 177 Å². The van der Waals surface area contributed by atoms with Crippen molar-refractivity contribution in [3.63, 3.8) is 0 Å². The summed E-state index contributed by atoms with van der Waals surface area (Å²) in [4.78, 5) is 19.6. The number of hydrogen-bond acceptors (Lipinski definition) is 3. The Bertz CT molecular complexity index is 1000. The first-order chi connectivity index (χ1) is 14.8. The molecule has 0 spiro atoms. The van der Waals surface area contributed by atoms with Crippen molar-refractivity contribution in [3.05, 3.63) is 66.0 Å². The van der Waals surface area contributed by atoms with Gasteiger partial charge in [0, 0.05) is 32.0 Å². The predicted octanol–water partition coefficient (Wildman–Crippen LogP) is 4.48. The van der Waals surface area contributed by atoms with Gasteiger partial charge in [0.2, 0.25) is 0 Å². The van der Waals surface area contributed by atoms with Crippen LogP contribution < -0.4 is 0 Å². The number of ether oxygens (including phenoxy) is 1. The summed E-state index contributed by atoms with van der Waals surface area (Å²) in [7, 11) is 0. The van der Waals surface area contributed by atoms with Crippen molar-refractivity contribution in [2.75, 3.05) is 26.3 Å². The van der Waals surface area contributed by atoms with E-state index in [0.29, 0.717) is 38.1 Å². The number of amides is 1. The van der Waals surface area contributed by atoms with Crippen LogP contribution in [0.5, 0.6) is 0 Å². The summed E-state index contributed by atoms with van der Waals surface area (Å²) in [5, 5.41) is 0. The molecule has 0 unspecified atom stereocenters. The van der Waals surface area contributed by atoms with Gasteiger partial charge >= 0.3 is 0 Å². The summed E-state index contributed by atoms with van der Waals surface area (Å²) in [5.74, 6) is 1.41.